The van der Waals surface area contributed by atoms with Crippen LogP contribution < -0.4 is 0 Å². The SMILES string of the molecule is CC(C)N1CCN([S+](C)[O-])CC1c1ccccc1. The van der Waals surface area contributed by atoms with Crippen molar-refractivity contribution in [3.05, 3.63) is 35.9 Å². The molecule has 1 saturated heterocycles. The molecule has 3 nitrogen and oxygen atoms in total. The van der Waals surface area contributed by atoms with Crippen LogP contribution in [-0.4, -0.2) is 45.7 Å². The van der Waals surface area contributed by atoms with Crippen molar-refractivity contribution in [2.75, 3.05) is 25.9 Å². The van der Waals surface area contributed by atoms with E-state index in [1.807, 2.05) is 6.07 Å². The van der Waals surface area contributed by atoms with Gasteiger partial charge in [0.2, 0.25) is 0 Å². The summed E-state index contributed by atoms with van der Waals surface area (Å²) in [6, 6.07) is 11.4. The summed E-state index contributed by atoms with van der Waals surface area (Å²) in [7, 11) is 0. The maximum Gasteiger partial charge on any atom is 0.115 e. The molecule has 0 radical (unpaired) electrons. The highest BCUT2D eigenvalue weighted by Crippen LogP contribution is 2.28. The van der Waals surface area contributed by atoms with Crippen LogP contribution in [0.2, 0.25) is 0 Å². The van der Waals surface area contributed by atoms with Gasteiger partial charge >= 0.3 is 0 Å². The molecule has 0 bridgehead atoms. The maximum atomic E-state index is 11.7. The highest BCUT2D eigenvalue weighted by molar-refractivity contribution is 7.88. The molecule has 1 aromatic carbocycles. The average Bonchev–Trinajstić information content (AvgIpc) is 2.39. The largest absolute Gasteiger partial charge is 0.598 e. The van der Waals surface area contributed by atoms with Crippen LogP contribution in [-0.2, 0) is 11.4 Å². The second-order valence-electron chi connectivity index (χ2n) is 5.07. The second kappa shape index (κ2) is 6.06. The number of hydrogen-bond acceptors (Lipinski definition) is 3. The third kappa shape index (κ3) is 3.06. The first-order valence-electron chi connectivity index (χ1n) is 6.48. The number of piperazine rings is 1. The maximum absolute atomic E-state index is 11.7. The highest BCUT2D eigenvalue weighted by Gasteiger charge is 2.33. The van der Waals surface area contributed by atoms with Crippen molar-refractivity contribution in [2.45, 2.75) is 25.9 Å². The number of benzene rings is 1. The summed E-state index contributed by atoms with van der Waals surface area (Å²) in [6.07, 6.45) is 1.77. The Morgan fingerprint density at radius 2 is 1.89 bits per heavy atom. The van der Waals surface area contributed by atoms with Crippen molar-refractivity contribution < 1.29 is 4.55 Å². The molecular weight excluding hydrogens is 244 g/mol. The molecule has 100 valence electrons. The van der Waals surface area contributed by atoms with Gasteiger partial charge in [-0.3, -0.25) is 4.90 Å². The van der Waals surface area contributed by atoms with Gasteiger partial charge in [0, 0.05) is 23.9 Å². The average molecular weight is 266 g/mol. The van der Waals surface area contributed by atoms with Crippen molar-refractivity contribution in [3.8, 4) is 0 Å². The molecular formula is C14H22N2OS. The van der Waals surface area contributed by atoms with Crippen LogP contribution in [0.15, 0.2) is 30.3 Å². The first kappa shape index (κ1) is 13.9. The van der Waals surface area contributed by atoms with Crippen LogP contribution >= 0.6 is 0 Å². The molecule has 1 aliphatic rings. The summed E-state index contributed by atoms with van der Waals surface area (Å²) in [5, 5.41) is 0. The molecule has 4 heteroatoms. The minimum absolute atomic E-state index is 0.351. The molecule has 0 spiro atoms. The van der Waals surface area contributed by atoms with Crippen molar-refractivity contribution in [1.29, 1.82) is 0 Å². The summed E-state index contributed by atoms with van der Waals surface area (Å²) >= 11 is -0.868. The Labute approximate surface area is 113 Å². The van der Waals surface area contributed by atoms with E-state index in [0.717, 1.165) is 19.6 Å². The number of hydrogen-bond donors (Lipinski definition) is 0. The fourth-order valence-corrected chi connectivity index (χ4v) is 3.29. The molecule has 1 aromatic rings. The minimum Gasteiger partial charge on any atom is -0.598 e. The van der Waals surface area contributed by atoms with Crippen LogP contribution in [0.25, 0.3) is 0 Å². The van der Waals surface area contributed by atoms with Gasteiger partial charge in [0.1, 0.15) is 6.26 Å². The molecule has 1 fully saturated rings. The van der Waals surface area contributed by atoms with Gasteiger partial charge in [-0.15, -0.1) is 4.31 Å². The lowest BCUT2D eigenvalue weighted by molar-refractivity contribution is 0.0877. The summed E-state index contributed by atoms with van der Waals surface area (Å²) in [6.45, 7) is 7.19. The summed E-state index contributed by atoms with van der Waals surface area (Å²) in [5.41, 5.74) is 1.32. The van der Waals surface area contributed by atoms with Crippen molar-refractivity contribution in [1.82, 2.24) is 9.21 Å². The van der Waals surface area contributed by atoms with E-state index < -0.39 is 11.4 Å². The second-order valence-corrected chi connectivity index (χ2v) is 6.43. The Hall–Kier alpha value is -0.550. The molecule has 0 aromatic heterocycles. The van der Waals surface area contributed by atoms with Crippen molar-refractivity contribution in [2.24, 2.45) is 0 Å². The topological polar surface area (TPSA) is 29.5 Å². The zero-order chi connectivity index (χ0) is 13.1. The fourth-order valence-electron chi connectivity index (χ4n) is 2.60. The Morgan fingerprint density at radius 1 is 1.22 bits per heavy atom. The fraction of sp³-hybridized carbons (Fsp3) is 0.571. The van der Waals surface area contributed by atoms with E-state index in [0.29, 0.717) is 12.1 Å². The van der Waals surface area contributed by atoms with Crippen LogP contribution in [0.3, 0.4) is 0 Å². The zero-order valence-corrected chi connectivity index (χ0v) is 12.2. The molecule has 1 aliphatic heterocycles. The van der Waals surface area contributed by atoms with Crippen molar-refractivity contribution >= 4 is 11.4 Å². The van der Waals surface area contributed by atoms with Crippen LogP contribution in [0.4, 0.5) is 0 Å². The van der Waals surface area contributed by atoms with E-state index in [1.165, 1.54) is 5.56 Å². The van der Waals surface area contributed by atoms with Gasteiger partial charge in [0.25, 0.3) is 0 Å². The van der Waals surface area contributed by atoms with Gasteiger partial charge in [-0.05, 0) is 19.4 Å². The third-order valence-electron chi connectivity index (χ3n) is 3.60. The van der Waals surface area contributed by atoms with Crippen LogP contribution in [0.1, 0.15) is 25.5 Å². The van der Waals surface area contributed by atoms with Crippen LogP contribution in [0.5, 0.6) is 0 Å². The molecule has 0 N–H and O–H groups in total. The van der Waals surface area contributed by atoms with Gasteiger partial charge in [-0.25, -0.2) is 0 Å². The molecule has 18 heavy (non-hydrogen) atoms. The lowest BCUT2D eigenvalue weighted by atomic mass is 10.0. The summed E-state index contributed by atoms with van der Waals surface area (Å²) < 4.78 is 13.7. The number of nitrogens with zero attached hydrogens (tertiary/aromatic N) is 2. The summed E-state index contributed by atoms with van der Waals surface area (Å²) in [4.78, 5) is 2.50. The van der Waals surface area contributed by atoms with E-state index in [1.54, 1.807) is 6.26 Å². The van der Waals surface area contributed by atoms with E-state index >= 15 is 0 Å². The van der Waals surface area contributed by atoms with E-state index in [9.17, 15) is 4.55 Å². The van der Waals surface area contributed by atoms with E-state index in [-0.39, 0.29) is 0 Å². The van der Waals surface area contributed by atoms with E-state index in [2.05, 4.69) is 47.3 Å². The monoisotopic (exact) mass is 266 g/mol. The lowest BCUT2D eigenvalue weighted by Gasteiger charge is -2.42. The highest BCUT2D eigenvalue weighted by atomic mass is 32.2. The van der Waals surface area contributed by atoms with Gasteiger partial charge in [0.15, 0.2) is 0 Å². The lowest BCUT2D eigenvalue weighted by Crippen LogP contribution is -2.52. The summed E-state index contributed by atoms with van der Waals surface area (Å²) in [5.74, 6) is 0. The molecule has 0 aliphatic carbocycles. The molecule has 0 amide bonds. The zero-order valence-electron chi connectivity index (χ0n) is 11.4. The molecule has 1 heterocycles. The predicted molar refractivity (Wildman–Crippen MR) is 76.7 cm³/mol. The van der Waals surface area contributed by atoms with E-state index in [4.69, 9.17) is 0 Å². The standard InChI is InChI=1S/C14H22N2OS/c1-12(2)16-10-9-15(18(3)17)11-14(16)13-7-5-4-6-8-13/h4-8,12,14H,9-11H2,1-3H3. The van der Waals surface area contributed by atoms with Gasteiger partial charge < -0.3 is 4.55 Å². The minimum atomic E-state index is -0.868. The molecule has 2 atom stereocenters. The Bertz CT molecular complexity index is 369. The quantitative estimate of drug-likeness (QED) is 0.784. The van der Waals surface area contributed by atoms with Crippen LogP contribution in [0, 0.1) is 0 Å². The predicted octanol–water partition coefficient (Wildman–Crippen LogP) is 2.05. The normalized spacial score (nSPS) is 24.4. The molecule has 2 rings (SSSR count). The first-order chi connectivity index (χ1) is 8.59. The first-order valence-corrected chi connectivity index (χ1v) is 8.00. The van der Waals surface area contributed by atoms with Gasteiger partial charge in [0.05, 0.1) is 19.1 Å². The van der Waals surface area contributed by atoms with Gasteiger partial charge in [-0.1, -0.05) is 30.3 Å². The van der Waals surface area contributed by atoms with Gasteiger partial charge in [-0.2, -0.15) is 0 Å². The molecule has 0 saturated carbocycles. The smallest absolute Gasteiger partial charge is 0.115 e. The Morgan fingerprint density at radius 3 is 2.44 bits per heavy atom. The Balaban J connectivity index is 2.20. The molecule has 2 unspecified atom stereocenters. The van der Waals surface area contributed by atoms with Crippen molar-refractivity contribution in [3.63, 3.8) is 0 Å². The Kier molecular flexibility index (Phi) is 4.67. The third-order valence-corrected chi connectivity index (χ3v) is 4.65. The number of rotatable bonds is 3.